The van der Waals surface area contributed by atoms with Crippen LogP contribution in [0, 0.1) is 11.3 Å². The van der Waals surface area contributed by atoms with E-state index in [1.54, 1.807) is 12.4 Å². The Bertz CT molecular complexity index is 1190. The number of nitrogens with zero attached hydrogens (tertiary/aromatic N) is 5. The lowest BCUT2D eigenvalue weighted by molar-refractivity contribution is 0.612. The Morgan fingerprint density at radius 1 is 0.893 bits per heavy atom. The lowest BCUT2D eigenvalue weighted by Crippen LogP contribution is -2.37. The minimum absolute atomic E-state index is 0.662. The average Bonchev–Trinajstić information content (AvgIpc) is 2.73. The number of benzene rings is 2. The molecular weight excluding hydrogens is 346 g/mol. The van der Waals surface area contributed by atoms with Crippen molar-refractivity contribution in [2.24, 2.45) is 0 Å². The van der Waals surface area contributed by atoms with E-state index in [-0.39, 0.29) is 0 Å². The molecule has 0 saturated carbocycles. The van der Waals surface area contributed by atoms with E-state index >= 15 is 0 Å². The van der Waals surface area contributed by atoms with Crippen molar-refractivity contribution in [2.75, 3.05) is 18.0 Å². The van der Waals surface area contributed by atoms with Gasteiger partial charge in [0.05, 0.1) is 17.1 Å². The molecule has 5 heteroatoms. The average molecular weight is 363 g/mol. The summed E-state index contributed by atoms with van der Waals surface area (Å²) in [5.41, 5.74) is 4.68. The smallest absolute Gasteiger partial charge is 0.163 e. The number of rotatable bonds is 3. The molecule has 4 aromatic rings. The molecule has 0 atom stereocenters. The Morgan fingerprint density at radius 2 is 1.71 bits per heavy atom. The first kappa shape index (κ1) is 16.4. The third-order valence-electron chi connectivity index (χ3n) is 5.10. The van der Waals surface area contributed by atoms with Crippen molar-refractivity contribution in [3.05, 3.63) is 72.6 Å². The highest BCUT2D eigenvalue weighted by Gasteiger charge is 2.21. The molecule has 0 bridgehead atoms. The van der Waals surface area contributed by atoms with Gasteiger partial charge in [-0.15, -0.1) is 0 Å². The molecule has 3 heterocycles. The normalized spacial score (nSPS) is 13.2. The molecular formula is C23H17N5. The minimum atomic E-state index is 0.662. The van der Waals surface area contributed by atoms with Crippen molar-refractivity contribution in [3.63, 3.8) is 0 Å². The second-order valence-electron chi connectivity index (χ2n) is 6.87. The first-order valence-corrected chi connectivity index (χ1v) is 9.29. The van der Waals surface area contributed by atoms with Gasteiger partial charge in [-0.3, -0.25) is 4.98 Å². The fraction of sp³-hybridized carbons (Fsp3) is 0.130. The summed E-state index contributed by atoms with van der Waals surface area (Å²) in [5.74, 6) is 1.68. The summed E-state index contributed by atoms with van der Waals surface area (Å²) in [6.45, 7) is 2.03. The van der Waals surface area contributed by atoms with Crippen LogP contribution in [0.5, 0.6) is 0 Å². The quantitative estimate of drug-likeness (QED) is 0.538. The van der Waals surface area contributed by atoms with Crippen LogP contribution in [0.25, 0.3) is 33.4 Å². The maximum atomic E-state index is 9.01. The molecule has 0 amide bonds. The van der Waals surface area contributed by atoms with E-state index < -0.39 is 0 Å². The Morgan fingerprint density at radius 3 is 2.39 bits per heavy atom. The summed E-state index contributed by atoms with van der Waals surface area (Å²) >= 11 is 0. The van der Waals surface area contributed by atoms with E-state index in [1.807, 2.05) is 42.5 Å². The van der Waals surface area contributed by atoms with Crippen LogP contribution in [0.15, 0.2) is 67.0 Å². The molecule has 2 aromatic carbocycles. The molecule has 134 valence electrons. The predicted molar refractivity (Wildman–Crippen MR) is 110 cm³/mol. The van der Waals surface area contributed by atoms with Crippen molar-refractivity contribution < 1.29 is 0 Å². The molecule has 0 radical (unpaired) electrons. The zero-order valence-corrected chi connectivity index (χ0v) is 15.2. The summed E-state index contributed by atoms with van der Waals surface area (Å²) in [6.07, 6.45) is 4.74. The standard InChI is InChI=1S/C23H17N5/c24-14-16-4-6-17(7-5-16)18-8-9-21-20(13-18)23(28-11-2-12-28)27-22(26-21)19-3-1-10-25-15-19/h1,3-10,13,15H,2,11-12H2. The van der Waals surface area contributed by atoms with Crippen LogP contribution in [-0.4, -0.2) is 28.0 Å². The first-order valence-electron chi connectivity index (χ1n) is 9.29. The van der Waals surface area contributed by atoms with Crippen LogP contribution in [0.2, 0.25) is 0 Å². The topological polar surface area (TPSA) is 65.7 Å². The van der Waals surface area contributed by atoms with E-state index in [4.69, 9.17) is 15.2 Å². The van der Waals surface area contributed by atoms with Gasteiger partial charge in [0.15, 0.2) is 5.82 Å². The maximum Gasteiger partial charge on any atom is 0.163 e. The van der Waals surface area contributed by atoms with Gasteiger partial charge >= 0.3 is 0 Å². The van der Waals surface area contributed by atoms with Crippen LogP contribution in [0.4, 0.5) is 5.82 Å². The van der Waals surface area contributed by atoms with Crippen molar-refractivity contribution in [2.45, 2.75) is 6.42 Å². The van der Waals surface area contributed by atoms with E-state index in [1.165, 1.54) is 6.42 Å². The largest absolute Gasteiger partial charge is 0.356 e. The minimum Gasteiger partial charge on any atom is -0.356 e. The summed E-state index contributed by atoms with van der Waals surface area (Å²) in [4.78, 5) is 16.2. The highest BCUT2D eigenvalue weighted by atomic mass is 15.2. The zero-order chi connectivity index (χ0) is 18.9. The molecule has 5 rings (SSSR count). The van der Waals surface area contributed by atoms with Gasteiger partial charge < -0.3 is 4.90 Å². The van der Waals surface area contributed by atoms with Gasteiger partial charge in [-0.1, -0.05) is 18.2 Å². The van der Waals surface area contributed by atoms with Gasteiger partial charge in [0.25, 0.3) is 0 Å². The SMILES string of the molecule is N#Cc1ccc(-c2ccc3nc(-c4cccnc4)nc(N4CCC4)c3c2)cc1. The fourth-order valence-corrected chi connectivity index (χ4v) is 3.42. The molecule has 1 saturated heterocycles. The maximum absolute atomic E-state index is 9.01. The van der Waals surface area contributed by atoms with Crippen LogP contribution in [0.1, 0.15) is 12.0 Å². The second kappa shape index (κ2) is 6.75. The monoisotopic (exact) mass is 363 g/mol. The van der Waals surface area contributed by atoms with E-state index in [0.29, 0.717) is 11.4 Å². The van der Waals surface area contributed by atoms with Crippen molar-refractivity contribution >= 4 is 16.7 Å². The third-order valence-corrected chi connectivity index (χ3v) is 5.10. The molecule has 2 aromatic heterocycles. The van der Waals surface area contributed by atoms with Gasteiger partial charge in [-0.05, 0) is 53.9 Å². The molecule has 0 aliphatic carbocycles. The van der Waals surface area contributed by atoms with Gasteiger partial charge in [0, 0.05) is 36.4 Å². The first-order chi connectivity index (χ1) is 13.8. The number of anilines is 1. The third kappa shape index (κ3) is 2.85. The number of fused-ring (bicyclic) bond motifs is 1. The van der Waals surface area contributed by atoms with Gasteiger partial charge in [-0.25, -0.2) is 9.97 Å². The highest BCUT2D eigenvalue weighted by Crippen LogP contribution is 2.33. The van der Waals surface area contributed by atoms with Gasteiger partial charge in [0.2, 0.25) is 0 Å². The summed E-state index contributed by atoms with van der Waals surface area (Å²) in [7, 11) is 0. The molecule has 0 N–H and O–H groups in total. The van der Waals surface area contributed by atoms with Crippen LogP contribution >= 0.6 is 0 Å². The molecule has 28 heavy (non-hydrogen) atoms. The molecule has 0 spiro atoms. The Kier molecular flexibility index (Phi) is 3.95. The molecule has 5 nitrogen and oxygen atoms in total. The summed E-state index contributed by atoms with van der Waals surface area (Å²) < 4.78 is 0. The Balaban J connectivity index is 1.66. The number of aromatic nitrogens is 3. The Labute approximate surface area is 162 Å². The van der Waals surface area contributed by atoms with E-state index in [9.17, 15) is 0 Å². The highest BCUT2D eigenvalue weighted by molar-refractivity contribution is 5.94. The van der Waals surface area contributed by atoms with Gasteiger partial charge in [-0.2, -0.15) is 5.26 Å². The van der Waals surface area contributed by atoms with Crippen molar-refractivity contribution in [1.82, 2.24) is 15.0 Å². The second-order valence-corrected chi connectivity index (χ2v) is 6.87. The lowest BCUT2D eigenvalue weighted by Gasteiger charge is -2.33. The van der Waals surface area contributed by atoms with Crippen molar-refractivity contribution in [1.29, 1.82) is 5.26 Å². The Hall–Kier alpha value is -3.78. The summed E-state index contributed by atoms with van der Waals surface area (Å²) in [5, 5.41) is 10.1. The zero-order valence-electron chi connectivity index (χ0n) is 15.2. The predicted octanol–water partition coefficient (Wildman–Crippen LogP) is 4.44. The van der Waals surface area contributed by atoms with Crippen molar-refractivity contribution in [3.8, 4) is 28.6 Å². The number of nitriles is 1. The van der Waals surface area contributed by atoms with E-state index in [0.717, 1.165) is 46.5 Å². The molecule has 0 unspecified atom stereocenters. The molecule has 1 aliphatic rings. The van der Waals surface area contributed by atoms with E-state index in [2.05, 4.69) is 28.1 Å². The number of hydrogen-bond acceptors (Lipinski definition) is 5. The summed E-state index contributed by atoms with van der Waals surface area (Å²) in [6, 6.07) is 20.0. The molecule has 1 aliphatic heterocycles. The molecule has 1 fully saturated rings. The van der Waals surface area contributed by atoms with Gasteiger partial charge in [0.1, 0.15) is 5.82 Å². The lowest BCUT2D eigenvalue weighted by atomic mass is 10.0. The number of pyridine rings is 1. The van der Waals surface area contributed by atoms with Crippen LogP contribution < -0.4 is 4.90 Å². The van der Waals surface area contributed by atoms with Crippen LogP contribution in [-0.2, 0) is 0 Å². The number of hydrogen-bond donors (Lipinski definition) is 0. The van der Waals surface area contributed by atoms with Crippen LogP contribution in [0.3, 0.4) is 0 Å². The fourth-order valence-electron chi connectivity index (χ4n) is 3.42.